The molecule has 2 aromatic heterocycles. The summed E-state index contributed by atoms with van der Waals surface area (Å²) in [6, 6.07) is 7.24. The molecular formula is C17H17ClN6O2S. The van der Waals surface area contributed by atoms with Gasteiger partial charge in [-0.25, -0.2) is 0 Å². The maximum atomic E-state index is 11.2. The minimum Gasteiger partial charge on any atom is -0.370 e. The molecule has 27 heavy (non-hydrogen) atoms. The first-order valence-corrected chi connectivity index (χ1v) is 9.89. The predicted molar refractivity (Wildman–Crippen MR) is 100 cm³/mol. The summed E-state index contributed by atoms with van der Waals surface area (Å²) in [4.78, 5) is 15.6. The van der Waals surface area contributed by atoms with E-state index in [0.29, 0.717) is 35.0 Å². The summed E-state index contributed by atoms with van der Waals surface area (Å²) in [5, 5.41) is 13.9. The van der Waals surface area contributed by atoms with E-state index in [4.69, 9.17) is 21.9 Å². The number of hydrogen-bond acceptors (Lipinski definition) is 7. The van der Waals surface area contributed by atoms with E-state index in [2.05, 4.69) is 20.3 Å². The van der Waals surface area contributed by atoms with Gasteiger partial charge in [-0.2, -0.15) is 4.98 Å². The summed E-state index contributed by atoms with van der Waals surface area (Å²) in [7, 11) is 0. The van der Waals surface area contributed by atoms with Gasteiger partial charge in [0, 0.05) is 29.5 Å². The molecule has 0 aliphatic heterocycles. The summed E-state index contributed by atoms with van der Waals surface area (Å²) in [5.74, 6) is 2.47. The van der Waals surface area contributed by atoms with Crippen LogP contribution in [-0.2, 0) is 17.1 Å². The quantitative estimate of drug-likeness (QED) is 0.574. The number of rotatable bonds is 8. The second kappa shape index (κ2) is 7.69. The molecule has 0 bridgehead atoms. The Labute approximate surface area is 164 Å². The van der Waals surface area contributed by atoms with Crippen LogP contribution in [0.25, 0.3) is 11.4 Å². The van der Waals surface area contributed by atoms with Crippen molar-refractivity contribution in [3.05, 3.63) is 41.0 Å². The SMILES string of the molecule is NC(=O)CCn1c(SCc2nc(-c3ccc(Cl)cc3)no2)nnc1C1CC1. The summed E-state index contributed by atoms with van der Waals surface area (Å²) >= 11 is 7.35. The number of nitrogens with two attached hydrogens (primary N) is 1. The zero-order valence-electron chi connectivity index (χ0n) is 14.3. The van der Waals surface area contributed by atoms with E-state index in [9.17, 15) is 4.79 Å². The van der Waals surface area contributed by atoms with E-state index in [1.165, 1.54) is 11.8 Å². The van der Waals surface area contributed by atoms with Gasteiger partial charge in [-0.05, 0) is 37.1 Å². The van der Waals surface area contributed by atoms with Gasteiger partial charge < -0.3 is 14.8 Å². The molecule has 0 radical (unpaired) electrons. The van der Waals surface area contributed by atoms with Crippen molar-refractivity contribution in [3.8, 4) is 11.4 Å². The number of nitrogens with zero attached hydrogens (tertiary/aromatic N) is 5. The summed E-state index contributed by atoms with van der Waals surface area (Å²) in [6.07, 6.45) is 2.47. The van der Waals surface area contributed by atoms with E-state index in [-0.39, 0.29) is 12.3 Å². The molecule has 1 aliphatic rings. The van der Waals surface area contributed by atoms with Crippen LogP contribution in [0.3, 0.4) is 0 Å². The number of carbonyl (C=O) groups is 1. The fraction of sp³-hybridized carbons (Fsp3) is 0.353. The second-order valence-corrected chi connectivity index (χ2v) is 7.67. The number of thioether (sulfide) groups is 1. The van der Waals surface area contributed by atoms with Gasteiger partial charge in [-0.1, -0.05) is 28.5 Å². The Bertz CT molecular complexity index is 951. The molecule has 2 heterocycles. The van der Waals surface area contributed by atoms with Crippen molar-refractivity contribution in [2.75, 3.05) is 0 Å². The monoisotopic (exact) mass is 404 g/mol. The highest BCUT2D eigenvalue weighted by Gasteiger charge is 2.30. The van der Waals surface area contributed by atoms with Crippen LogP contribution in [0.15, 0.2) is 33.9 Å². The lowest BCUT2D eigenvalue weighted by atomic mass is 10.2. The first kappa shape index (κ1) is 18.0. The minimum absolute atomic E-state index is 0.257. The van der Waals surface area contributed by atoms with Crippen molar-refractivity contribution in [2.24, 2.45) is 5.73 Å². The average Bonchev–Trinajstić information content (AvgIpc) is 3.24. The van der Waals surface area contributed by atoms with Gasteiger partial charge in [-0.3, -0.25) is 4.79 Å². The summed E-state index contributed by atoms with van der Waals surface area (Å²) < 4.78 is 7.30. The molecule has 1 fully saturated rings. The van der Waals surface area contributed by atoms with Crippen molar-refractivity contribution < 1.29 is 9.32 Å². The molecule has 1 aliphatic carbocycles. The van der Waals surface area contributed by atoms with E-state index in [1.807, 2.05) is 16.7 Å². The highest BCUT2D eigenvalue weighted by Crippen LogP contribution is 2.40. The van der Waals surface area contributed by atoms with Crippen molar-refractivity contribution in [1.82, 2.24) is 24.9 Å². The van der Waals surface area contributed by atoms with E-state index >= 15 is 0 Å². The molecule has 140 valence electrons. The van der Waals surface area contributed by atoms with Crippen LogP contribution in [0.4, 0.5) is 0 Å². The number of aromatic nitrogens is 5. The minimum atomic E-state index is -0.342. The zero-order valence-corrected chi connectivity index (χ0v) is 15.9. The lowest BCUT2D eigenvalue weighted by Gasteiger charge is -2.07. The van der Waals surface area contributed by atoms with Crippen LogP contribution in [0.5, 0.6) is 0 Å². The topological polar surface area (TPSA) is 113 Å². The Hall–Kier alpha value is -2.39. The molecule has 1 aromatic carbocycles. The molecule has 4 rings (SSSR count). The Morgan fingerprint density at radius 1 is 1.30 bits per heavy atom. The van der Waals surface area contributed by atoms with Crippen molar-refractivity contribution >= 4 is 29.3 Å². The van der Waals surface area contributed by atoms with Crippen LogP contribution < -0.4 is 5.73 Å². The second-order valence-electron chi connectivity index (χ2n) is 6.29. The molecule has 0 spiro atoms. The van der Waals surface area contributed by atoms with Gasteiger partial charge in [0.15, 0.2) is 5.16 Å². The van der Waals surface area contributed by atoms with Crippen molar-refractivity contribution in [1.29, 1.82) is 0 Å². The third kappa shape index (κ3) is 4.30. The number of benzene rings is 1. The van der Waals surface area contributed by atoms with Crippen molar-refractivity contribution in [3.63, 3.8) is 0 Å². The lowest BCUT2D eigenvalue weighted by molar-refractivity contribution is -0.118. The molecule has 10 heteroatoms. The molecular weight excluding hydrogens is 388 g/mol. The molecule has 2 N–H and O–H groups in total. The number of carbonyl (C=O) groups excluding carboxylic acids is 1. The van der Waals surface area contributed by atoms with E-state index in [0.717, 1.165) is 29.4 Å². The molecule has 8 nitrogen and oxygen atoms in total. The van der Waals surface area contributed by atoms with Gasteiger partial charge in [0.25, 0.3) is 0 Å². The van der Waals surface area contributed by atoms with Gasteiger partial charge in [0.1, 0.15) is 5.82 Å². The summed E-state index contributed by atoms with van der Waals surface area (Å²) in [6.45, 7) is 0.482. The number of hydrogen-bond donors (Lipinski definition) is 1. The molecule has 0 saturated heterocycles. The normalized spacial score (nSPS) is 13.8. The third-order valence-corrected chi connectivity index (χ3v) is 5.37. The highest BCUT2D eigenvalue weighted by atomic mass is 35.5. The van der Waals surface area contributed by atoms with Crippen LogP contribution in [0.2, 0.25) is 5.02 Å². The third-order valence-electron chi connectivity index (χ3n) is 4.17. The molecule has 3 aromatic rings. The van der Waals surface area contributed by atoms with Crippen LogP contribution in [0, 0.1) is 0 Å². The largest absolute Gasteiger partial charge is 0.370 e. The predicted octanol–water partition coefficient (Wildman–Crippen LogP) is 3.03. The van der Waals surface area contributed by atoms with Gasteiger partial charge in [-0.15, -0.1) is 10.2 Å². The lowest BCUT2D eigenvalue weighted by Crippen LogP contribution is -2.15. The maximum absolute atomic E-state index is 11.2. The fourth-order valence-electron chi connectivity index (χ4n) is 2.64. The highest BCUT2D eigenvalue weighted by molar-refractivity contribution is 7.98. The van der Waals surface area contributed by atoms with E-state index < -0.39 is 0 Å². The average molecular weight is 405 g/mol. The molecule has 0 unspecified atom stereocenters. The van der Waals surface area contributed by atoms with Gasteiger partial charge in [0.2, 0.25) is 17.6 Å². The number of primary amides is 1. The van der Waals surface area contributed by atoms with Crippen LogP contribution >= 0.6 is 23.4 Å². The molecule has 0 atom stereocenters. The Kier molecular flexibility index (Phi) is 5.13. The Morgan fingerprint density at radius 2 is 2.07 bits per heavy atom. The van der Waals surface area contributed by atoms with Crippen molar-refractivity contribution in [2.45, 2.75) is 42.6 Å². The van der Waals surface area contributed by atoms with Crippen LogP contribution in [-0.4, -0.2) is 30.8 Å². The Morgan fingerprint density at radius 3 is 2.78 bits per heavy atom. The molecule has 1 saturated carbocycles. The maximum Gasteiger partial charge on any atom is 0.237 e. The zero-order chi connectivity index (χ0) is 18.8. The van der Waals surface area contributed by atoms with E-state index in [1.54, 1.807) is 12.1 Å². The number of amides is 1. The fourth-order valence-corrected chi connectivity index (χ4v) is 3.57. The van der Waals surface area contributed by atoms with Crippen LogP contribution in [0.1, 0.15) is 36.9 Å². The standard InChI is InChI=1S/C17H17ClN6O2S/c18-12-5-3-10(4-6-12)15-20-14(26-23-15)9-27-17-22-21-16(11-1-2-11)24(17)8-7-13(19)25/h3-6,11H,1-2,7-9H2,(H2,19,25). The molecule has 1 amide bonds. The van der Waals surface area contributed by atoms with Gasteiger partial charge in [0.05, 0.1) is 5.75 Å². The first-order chi connectivity index (χ1) is 13.1. The smallest absolute Gasteiger partial charge is 0.237 e. The first-order valence-electron chi connectivity index (χ1n) is 8.53. The Balaban J connectivity index is 1.45. The summed E-state index contributed by atoms with van der Waals surface area (Å²) in [5.41, 5.74) is 6.13. The number of halogens is 1. The van der Waals surface area contributed by atoms with Gasteiger partial charge >= 0.3 is 0 Å².